The summed E-state index contributed by atoms with van der Waals surface area (Å²) in [6.07, 6.45) is 0. The summed E-state index contributed by atoms with van der Waals surface area (Å²) >= 11 is 15.0. The summed E-state index contributed by atoms with van der Waals surface area (Å²) in [4.78, 5) is 37.0. The molecular weight excluding hydrogens is 522 g/mol. The Hall–Kier alpha value is 4.99. The Morgan fingerprint density at radius 1 is 0.708 bits per heavy atom. The van der Waals surface area contributed by atoms with Gasteiger partial charge in [0.1, 0.15) is 8.62 Å². The summed E-state index contributed by atoms with van der Waals surface area (Å²) in [6, 6.07) is 0. The van der Waals surface area contributed by atoms with Crippen LogP contribution in [0.15, 0.2) is 0 Å². The van der Waals surface area contributed by atoms with Crippen molar-refractivity contribution in [3.05, 3.63) is 0 Å². The van der Waals surface area contributed by atoms with Crippen molar-refractivity contribution in [1.29, 1.82) is 0 Å². The van der Waals surface area contributed by atoms with E-state index in [0.29, 0.717) is 0 Å². The molecule has 0 radical (unpaired) electrons. The molecule has 0 amide bonds. The molecule has 4 unspecified atom stereocenters. The molecule has 11 nitrogen and oxygen atoms in total. The van der Waals surface area contributed by atoms with E-state index >= 15 is 0 Å². The fourth-order valence-corrected chi connectivity index (χ4v) is 0.980. The van der Waals surface area contributed by atoms with E-state index in [2.05, 4.69) is 8.62 Å². The van der Waals surface area contributed by atoms with Crippen molar-refractivity contribution in [1.82, 2.24) is 0 Å². The monoisotopic (exact) mass is 524 g/mol. The van der Waals surface area contributed by atoms with Crippen molar-refractivity contribution in [3.8, 4) is 0 Å². The zero-order chi connectivity index (χ0) is 16.9. The van der Waals surface area contributed by atoms with Crippen molar-refractivity contribution in [2.45, 2.75) is 3.79 Å². The van der Waals surface area contributed by atoms with Crippen LogP contribution in [0, 0.1) is 0 Å². The number of rotatable bonds is 4. The number of aliphatic hydroxyl groups excluding tert-OH is 1. The Morgan fingerprint density at radius 3 is 0.833 bits per heavy atom. The van der Waals surface area contributed by atoms with Gasteiger partial charge in [0.05, 0.1) is 6.61 Å². The maximum atomic E-state index is 9.24. The van der Waals surface area contributed by atoms with Crippen LogP contribution in [0.1, 0.15) is 0 Å². The second-order valence-corrected chi connectivity index (χ2v) is 7.44. The standard InChI is InChI=1S/C2H3Cl3O.4Na.2O5P2/c3-2(4,5)1-6;;;;;2*1-6(2)5-7(3)4/h6H,1H2;;;;;;/q;4*+1;;. The van der Waals surface area contributed by atoms with Crippen LogP contribution in [0.5, 0.6) is 0 Å². The molecule has 0 spiro atoms. The summed E-state index contributed by atoms with van der Waals surface area (Å²) in [7, 11) is -12.9. The molecule has 0 aliphatic carbocycles. The molecule has 24 heavy (non-hydrogen) atoms. The van der Waals surface area contributed by atoms with Crippen molar-refractivity contribution in [2.24, 2.45) is 0 Å². The van der Waals surface area contributed by atoms with Crippen LogP contribution >= 0.6 is 67.8 Å². The summed E-state index contributed by atoms with van der Waals surface area (Å²) in [5.41, 5.74) is 0. The predicted molar refractivity (Wildman–Crippen MR) is 60.0 cm³/mol. The Labute approximate surface area is 243 Å². The van der Waals surface area contributed by atoms with E-state index in [-0.39, 0.29) is 118 Å². The first-order valence-corrected chi connectivity index (χ1v) is 8.94. The molecule has 0 aromatic rings. The predicted octanol–water partition coefficient (Wildman–Crippen LogP) is -12.6. The van der Waals surface area contributed by atoms with Crippen LogP contribution in [0.3, 0.4) is 0 Å². The van der Waals surface area contributed by atoms with Crippen molar-refractivity contribution in [2.75, 3.05) is 6.61 Å². The Morgan fingerprint density at radius 2 is 0.833 bits per heavy atom. The van der Waals surface area contributed by atoms with Gasteiger partial charge in [0.2, 0.25) is 3.79 Å². The molecule has 0 aliphatic rings. The average molecular weight is 525 g/mol. The molecule has 0 bridgehead atoms. The Bertz CT molecular complexity index is 307. The van der Waals surface area contributed by atoms with E-state index in [9.17, 15) is 37.8 Å². The zero-order valence-electron chi connectivity index (χ0n) is 12.7. The van der Waals surface area contributed by atoms with Gasteiger partial charge < -0.3 is 24.7 Å². The third-order valence-corrected chi connectivity index (χ3v) is 2.94. The maximum Gasteiger partial charge on any atom is 1.00 e. The molecule has 1 N–H and O–H groups in total. The first-order chi connectivity index (χ1) is 8.81. The van der Waals surface area contributed by atoms with Gasteiger partial charge in [0.15, 0.2) is 0 Å². The Balaban J connectivity index is -0.0000000334. The van der Waals surface area contributed by atoms with Crippen LogP contribution < -0.4 is 138 Å². The molecule has 118 valence electrons. The zero-order valence-corrected chi connectivity index (χ0v) is 26.5. The van der Waals surface area contributed by atoms with E-state index in [4.69, 9.17) is 39.9 Å². The minimum Gasteiger partial charge on any atom is -0.563 e. The van der Waals surface area contributed by atoms with Crippen molar-refractivity contribution in [3.63, 3.8) is 0 Å². The van der Waals surface area contributed by atoms with Crippen LogP contribution in [0.2, 0.25) is 0 Å². The van der Waals surface area contributed by atoms with Crippen molar-refractivity contribution < 1.29 is 170 Å². The molecule has 4 atom stereocenters. The second kappa shape index (κ2) is 30.2. The summed E-state index contributed by atoms with van der Waals surface area (Å²) < 4.78 is 41.8. The van der Waals surface area contributed by atoms with Gasteiger partial charge >= 0.3 is 151 Å². The SMILES string of the molecule is O=[P+]([O-])O[P+](=O)[O-].O=[P+]([O-])O[P+](=O)[O-].OCC(Cl)(Cl)Cl.[Na+].[Na+].[Na+].[Na+]. The average Bonchev–Trinajstić information content (AvgIpc) is 2.13. The summed E-state index contributed by atoms with van der Waals surface area (Å²) in [6.45, 7) is -0.433. The van der Waals surface area contributed by atoms with E-state index in [1.54, 1.807) is 0 Å². The third kappa shape index (κ3) is 71.3. The van der Waals surface area contributed by atoms with Gasteiger partial charge in [-0.1, -0.05) is 34.8 Å². The second-order valence-electron chi connectivity index (χ2n) is 1.83. The molecule has 0 saturated heterocycles. The minimum atomic E-state index is -3.24. The Kier molecular flexibility index (Phi) is 59.1. The fourth-order valence-electron chi connectivity index (χ4n) is 0.109. The van der Waals surface area contributed by atoms with E-state index < -0.39 is 43.4 Å². The number of hydrogen-bond acceptors (Lipinski definition) is 11. The van der Waals surface area contributed by atoms with Gasteiger partial charge in [0, 0.05) is 0 Å². The van der Waals surface area contributed by atoms with E-state index in [1.165, 1.54) is 0 Å². The molecule has 0 saturated carbocycles. The summed E-state index contributed by atoms with van der Waals surface area (Å²) in [5, 5.41) is 8.01. The minimum absolute atomic E-state index is 0. The van der Waals surface area contributed by atoms with Crippen LogP contribution in [-0.2, 0) is 26.9 Å². The maximum absolute atomic E-state index is 9.24. The summed E-state index contributed by atoms with van der Waals surface area (Å²) in [5.74, 6) is 0. The van der Waals surface area contributed by atoms with Gasteiger partial charge in [-0.2, -0.15) is 0 Å². The molecule has 0 aliphatic heterocycles. The quantitative estimate of drug-likeness (QED) is 0.208. The van der Waals surface area contributed by atoms with Gasteiger partial charge in [-0.15, -0.1) is 0 Å². The molecule has 22 heteroatoms. The normalized spacial score (nSPS) is 10.8. The van der Waals surface area contributed by atoms with Gasteiger partial charge in [-0.3, -0.25) is 0 Å². The number of alkyl halides is 3. The van der Waals surface area contributed by atoms with Crippen LogP contribution in [0.25, 0.3) is 0 Å². The van der Waals surface area contributed by atoms with Crippen molar-refractivity contribution >= 4 is 67.8 Å². The first-order valence-electron chi connectivity index (χ1n) is 3.43. The van der Waals surface area contributed by atoms with Gasteiger partial charge in [-0.05, 0) is 18.3 Å². The van der Waals surface area contributed by atoms with Gasteiger partial charge in [0.25, 0.3) is 0 Å². The van der Waals surface area contributed by atoms with Crippen LogP contribution in [0.4, 0.5) is 0 Å². The number of hydrogen-bond donors (Lipinski definition) is 1. The topological polar surface area (TPSA) is 199 Å². The molecule has 0 aromatic heterocycles. The third-order valence-electron chi connectivity index (χ3n) is 0.446. The molecule has 0 rings (SSSR count). The number of halogens is 3. The van der Waals surface area contributed by atoms with E-state index in [0.717, 1.165) is 0 Å². The fraction of sp³-hybridized carbons (Fsp3) is 1.00. The molecule has 0 fully saturated rings. The first kappa shape index (κ1) is 47.0. The molecule has 0 heterocycles. The smallest absolute Gasteiger partial charge is 0.563 e. The van der Waals surface area contributed by atoms with E-state index in [1.807, 2.05) is 0 Å². The molecule has 0 aromatic carbocycles. The molecular formula is C2H3Cl3Na4O11P4+4. The number of aliphatic hydroxyl groups is 1. The largest absolute Gasteiger partial charge is 1.00 e. The van der Waals surface area contributed by atoms with Gasteiger partial charge in [-0.25, -0.2) is 0 Å². The van der Waals surface area contributed by atoms with Crippen LogP contribution in [-0.4, -0.2) is 15.5 Å².